The Morgan fingerprint density at radius 2 is 2.21 bits per heavy atom. The summed E-state index contributed by atoms with van der Waals surface area (Å²) in [4.78, 5) is 11.4. The molecule has 0 bridgehead atoms. The van der Waals surface area contributed by atoms with Crippen molar-refractivity contribution >= 4 is 33.3 Å². The van der Waals surface area contributed by atoms with Gasteiger partial charge in [-0.3, -0.25) is 4.79 Å². The smallest absolute Gasteiger partial charge is 0.168 e. The van der Waals surface area contributed by atoms with E-state index in [1.165, 1.54) is 12.1 Å². The SMILES string of the molecule is NCCC(=O)c1c(Br)ccc(Cl)c1F. The number of nitrogens with two attached hydrogens (primary N) is 1. The molecule has 0 atom stereocenters. The lowest BCUT2D eigenvalue weighted by Crippen LogP contribution is -2.10. The Morgan fingerprint density at radius 1 is 1.57 bits per heavy atom. The van der Waals surface area contributed by atoms with Crippen LogP contribution in [0.1, 0.15) is 16.8 Å². The van der Waals surface area contributed by atoms with Crippen LogP contribution in [0.5, 0.6) is 0 Å². The van der Waals surface area contributed by atoms with Gasteiger partial charge in [-0.25, -0.2) is 4.39 Å². The molecule has 0 aliphatic rings. The summed E-state index contributed by atoms with van der Waals surface area (Å²) in [6.45, 7) is 0.192. The fourth-order valence-electron chi connectivity index (χ4n) is 1.04. The Balaban J connectivity index is 3.18. The molecule has 0 fully saturated rings. The molecule has 0 aromatic heterocycles. The van der Waals surface area contributed by atoms with E-state index in [1.54, 1.807) is 0 Å². The number of halogens is 3. The second-order valence-electron chi connectivity index (χ2n) is 2.68. The van der Waals surface area contributed by atoms with E-state index in [-0.39, 0.29) is 29.3 Å². The predicted octanol–water partition coefficient (Wildman–Crippen LogP) is 2.77. The first-order chi connectivity index (χ1) is 6.57. The first-order valence-electron chi connectivity index (χ1n) is 3.94. The number of hydrogen-bond donors (Lipinski definition) is 1. The van der Waals surface area contributed by atoms with Gasteiger partial charge in [0, 0.05) is 10.9 Å². The van der Waals surface area contributed by atoms with Gasteiger partial charge in [0.2, 0.25) is 0 Å². The summed E-state index contributed by atoms with van der Waals surface area (Å²) in [7, 11) is 0. The van der Waals surface area contributed by atoms with Crippen molar-refractivity contribution in [3.8, 4) is 0 Å². The minimum Gasteiger partial charge on any atom is -0.330 e. The molecule has 0 aliphatic carbocycles. The average molecular weight is 281 g/mol. The average Bonchev–Trinajstić information content (AvgIpc) is 2.13. The van der Waals surface area contributed by atoms with Crippen LogP contribution in [0.15, 0.2) is 16.6 Å². The Labute approximate surface area is 94.4 Å². The quantitative estimate of drug-likeness (QED) is 0.683. The fraction of sp³-hybridized carbons (Fsp3) is 0.222. The summed E-state index contributed by atoms with van der Waals surface area (Å²) in [6.07, 6.45) is 0.107. The molecule has 0 heterocycles. The minimum absolute atomic E-state index is 0.0250. The second kappa shape index (κ2) is 4.87. The van der Waals surface area contributed by atoms with Crippen LogP contribution >= 0.6 is 27.5 Å². The third-order valence-electron chi connectivity index (χ3n) is 1.69. The van der Waals surface area contributed by atoms with Crippen LogP contribution in [0.3, 0.4) is 0 Å². The van der Waals surface area contributed by atoms with Crippen molar-refractivity contribution in [2.75, 3.05) is 6.54 Å². The number of carbonyl (C=O) groups excluding carboxylic acids is 1. The van der Waals surface area contributed by atoms with Gasteiger partial charge in [0.1, 0.15) is 0 Å². The molecule has 0 spiro atoms. The molecule has 0 saturated carbocycles. The first kappa shape index (κ1) is 11.6. The monoisotopic (exact) mass is 279 g/mol. The van der Waals surface area contributed by atoms with Crippen LogP contribution in [0, 0.1) is 5.82 Å². The van der Waals surface area contributed by atoms with E-state index in [0.717, 1.165) is 0 Å². The zero-order valence-electron chi connectivity index (χ0n) is 7.19. The molecule has 1 aromatic rings. The van der Waals surface area contributed by atoms with Crippen molar-refractivity contribution in [2.24, 2.45) is 5.73 Å². The summed E-state index contributed by atoms with van der Waals surface area (Å²) >= 11 is 8.64. The Morgan fingerprint density at radius 3 is 2.79 bits per heavy atom. The maximum absolute atomic E-state index is 13.4. The first-order valence-corrected chi connectivity index (χ1v) is 5.11. The molecule has 0 saturated heterocycles. The molecule has 2 nitrogen and oxygen atoms in total. The molecule has 14 heavy (non-hydrogen) atoms. The third kappa shape index (κ3) is 2.32. The summed E-state index contributed by atoms with van der Waals surface area (Å²) in [6, 6.07) is 2.93. The van der Waals surface area contributed by atoms with Crippen molar-refractivity contribution in [2.45, 2.75) is 6.42 Å². The topological polar surface area (TPSA) is 43.1 Å². The van der Waals surface area contributed by atoms with Gasteiger partial charge in [0.05, 0.1) is 10.6 Å². The van der Waals surface area contributed by atoms with Gasteiger partial charge in [0.15, 0.2) is 11.6 Å². The highest BCUT2D eigenvalue weighted by molar-refractivity contribution is 9.10. The third-order valence-corrected chi connectivity index (χ3v) is 2.65. The molecule has 0 aliphatic heterocycles. The van der Waals surface area contributed by atoms with Crippen LogP contribution in [0.2, 0.25) is 5.02 Å². The van der Waals surface area contributed by atoms with E-state index in [0.29, 0.717) is 4.47 Å². The molecular formula is C9H8BrClFNO. The van der Waals surface area contributed by atoms with Crippen molar-refractivity contribution in [3.63, 3.8) is 0 Å². The van der Waals surface area contributed by atoms with Crippen molar-refractivity contribution < 1.29 is 9.18 Å². The minimum atomic E-state index is -0.695. The Kier molecular flexibility index (Phi) is 4.04. The lowest BCUT2D eigenvalue weighted by atomic mass is 10.1. The number of benzene rings is 1. The molecule has 0 amide bonds. The van der Waals surface area contributed by atoms with Crippen LogP contribution in [0.25, 0.3) is 0 Å². The second-order valence-corrected chi connectivity index (χ2v) is 3.94. The van der Waals surface area contributed by atoms with E-state index in [9.17, 15) is 9.18 Å². The number of hydrogen-bond acceptors (Lipinski definition) is 2. The number of rotatable bonds is 3. The zero-order chi connectivity index (χ0) is 10.7. The molecular weight excluding hydrogens is 272 g/mol. The van der Waals surface area contributed by atoms with E-state index < -0.39 is 5.82 Å². The van der Waals surface area contributed by atoms with Crippen LogP contribution in [-0.4, -0.2) is 12.3 Å². The summed E-state index contributed by atoms with van der Waals surface area (Å²) in [5.41, 5.74) is 5.19. The van der Waals surface area contributed by atoms with Gasteiger partial charge in [0.25, 0.3) is 0 Å². The van der Waals surface area contributed by atoms with Crippen molar-refractivity contribution in [1.82, 2.24) is 0 Å². The molecule has 5 heteroatoms. The van der Waals surface area contributed by atoms with Gasteiger partial charge in [-0.05, 0) is 34.6 Å². The molecule has 0 unspecified atom stereocenters. The van der Waals surface area contributed by atoms with Gasteiger partial charge in [-0.15, -0.1) is 0 Å². The molecule has 2 N–H and O–H groups in total. The highest BCUT2D eigenvalue weighted by Crippen LogP contribution is 2.26. The summed E-state index contributed by atoms with van der Waals surface area (Å²) in [5, 5.41) is -0.0615. The number of ketones is 1. The lowest BCUT2D eigenvalue weighted by Gasteiger charge is -2.05. The Hall–Kier alpha value is -0.450. The van der Waals surface area contributed by atoms with E-state index in [2.05, 4.69) is 15.9 Å². The predicted molar refractivity (Wildman–Crippen MR) is 57.1 cm³/mol. The zero-order valence-corrected chi connectivity index (χ0v) is 9.53. The van der Waals surface area contributed by atoms with Crippen molar-refractivity contribution in [1.29, 1.82) is 0 Å². The highest BCUT2D eigenvalue weighted by Gasteiger charge is 2.17. The van der Waals surface area contributed by atoms with Crippen LogP contribution in [-0.2, 0) is 0 Å². The molecule has 1 rings (SSSR count). The van der Waals surface area contributed by atoms with E-state index in [1.807, 2.05) is 0 Å². The molecule has 0 radical (unpaired) electrons. The van der Waals surface area contributed by atoms with Gasteiger partial charge < -0.3 is 5.73 Å². The van der Waals surface area contributed by atoms with Crippen molar-refractivity contribution in [3.05, 3.63) is 33.0 Å². The van der Waals surface area contributed by atoms with Gasteiger partial charge in [-0.2, -0.15) is 0 Å². The Bertz CT molecular complexity index is 370. The fourth-order valence-corrected chi connectivity index (χ4v) is 1.72. The van der Waals surface area contributed by atoms with Gasteiger partial charge in [-0.1, -0.05) is 11.6 Å². The molecule has 1 aromatic carbocycles. The van der Waals surface area contributed by atoms with Crippen LogP contribution in [0.4, 0.5) is 4.39 Å². The van der Waals surface area contributed by atoms with E-state index in [4.69, 9.17) is 17.3 Å². The summed E-state index contributed by atoms with van der Waals surface area (Å²) in [5.74, 6) is -1.04. The molecule has 76 valence electrons. The lowest BCUT2D eigenvalue weighted by molar-refractivity contribution is 0.0981. The van der Waals surface area contributed by atoms with Gasteiger partial charge >= 0.3 is 0 Å². The normalized spacial score (nSPS) is 10.3. The maximum atomic E-state index is 13.4. The maximum Gasteiger partial charge on any atom is 0.168 e. The van der Waals surface area contributed by atoms with Crippen LogP contribution < -0.4 is 5.73 Å². The highest BCUT2D eigenvalue weighted by atomic mass is 79.9. The van der Waals surface area contributed by atoms with E-state index >= 15 is 0 Å². The standard InChI is InChI=1S/C9H8BrClFNO/c10-5-1-2-6(11)9(12)8(5)7(14)3-4-13/h1-2H,3-4,13H2. The number of carbonyl (C=O) groups is 1. The largest absolute Gasteiger partial charge is 0.330 e. The summed E-state index contributed by atoms with van der Waals surface area (Å²) < 4.78 is 13.8. The number of Topliss-reactive ketones (excluding diaryl/α,β-unsaturated/α-hetero) is 1.